The van der Waals surface area contributed by atoms with Crippen molar-refractivity contribution in [3.05, 3.63) is 58.7 Å². The third kappa shape index (κ3) is 6.70. The Balaban J connectivity index is 1.32. The lowest BCUT2D eigenvalue weighted by Crippen LogP contribution is -2.38. The molecule has 0 unspecified atom stereocenters. The maximum absolute atomic E-state index is 13.0. The van der Waals surface area contributed by atoms with E-state index < -0.39 is 5.60 Å². The highest BCUT2D eigenvalue weighted by molar-refractivity contribution is 6.02. The van der Waals surface area contributed by atoms with Gasteiger partial charge in [0.2, 0.25) is 5.91 Å². The second-order valence-corrected chi connectivity index (χ2v) is 10.9. The number of methoxy groups -OCH3 is 1. The number of hydrogen-bond acceptors (Lipinski definition) is 5. The van der Waals surface area contributed by atoms with Crippen LogP contribution in [-0.2, 0) is 28.8 Å². The molecule has 7 heteroatoms. The largest absolute Gasteiger partial charge is 0.497 e. The van der Waals surface area contributed by atoms with Gasteiger partial charge in [-0.15, -0.1) is 0 Å². The number of benzene rings is 2. The van der Waals surface area contributed by atoms with Gasteiger partial charge in [-0.2, -0.15) is 0 Å². The topological polar surface area (TPSA) is 76.2 Å². The van der Waals surface area contributed by atoms with E-state index in [1.54, 1.807) is 12.0 Å². The summed E-state index contributed by atoms with van der Waals surface area (Å²) in [5.41, 5.74) is 4.56. The van der Waals surface area contributed by atoms with Crippen molar-refractivity contribution in [2.45, 2.75) is 71.3 Å². The second-order valence-electron chi connectivity index (χ2n) is 10.9. The molecule has 0 spiro atoms. The van der Waals surface area contributed by atoms with Crippen molar-refractivity contribution >= 4 is 23.5 Å². The quantitative estimate of drug-likeness (QED) is 0.320. The van der Waals surface area contributed by atoms with Crippen LogP contribution in [0.2, 0.25) is 0 Å². The van der Waals surface area contributed by atoms with Crippen LogP contribution >= 0.6 is 0 Å². The number of nitrogens with zero attached hydrogens (tertiary/aromatic N) is 2. The monoisotopic (exact) mass is 506 g/mol. The molecular formula is C30H38N2O5. The molecule has 0 N–H and O–H groups in total. The van der Waals surface area contributed by atoms with Gasteiger partial charge < -0.3 is 19.3 Å². The molecule has 198 valence electrons. The van der Waals surface area contributed by atoms with E-state index in [9.17, 15) is 14.4 Å². The minimum Gasteiger partial charge on any atom is -0.497 e. The molecule has 2 amide bonds. The van der Waals surface area contributed by atoms with Crippen molar-refractivity contribution in [1.29, 1.82) is 0 Å². The number of Topliss-reactive ketones (excluding diaryl/α,β-unsaturated/α-hetero) is 1. The lowest BCUT2D eigenvalue weighted by atomic mass is 9.94. The number of ketones is 1. The molecule has 4 rings (SSSR count). The van der Waals surface area contributed by atoms with E-state index in [4.69, 9.17) is 9.47 Å². The highest BCUT2D eigenvalue weighted by atomic mass is 16.6. The van der Waals surface area contributed by atoms with E-state index >= 15 is 0 Å². The van der Waals surface area contributed by atoms with Crippen molar-refractivity contribution in [3.63, 3.8) is 0 Å². The van der Waals surface area contributed by atoms with Crippen LogP contribution in [0, 0.1) is 0 Å². The number of carbonyl (C=O) groups is 3. The van der Waals surface area contributed by atoms with E-state index in [0.717, 1.165) is 46.7 Å². The first kappa shape index (κ1) is 26.7. The molecule has 37 heavy (non-hydrogen) atoms. The van der Waals surface area contributed by atoms with E-state index in [0.29, 0.717) is 51.6 Å². The predicted molar refractivity (Wildman–Crippen MR) is 144 cm³/mol. The van der Waals surface area contributed by atoms with Crippen LogP contribution in [0.4, 0.5) is 10.5 Å². The maximum atomic E-state index is 13.0. The first-order valence-electron chi connectivity index (χ1n) is 13.2. The van der Waals surface area contributed by atoms with Gasteiger partial charge in [-0.25, -0.2) is 4.79 Å². The number of ether oxygens (including phenoxy) is 2. The van der Waals surface area contributed by atoms with Crippen LogP contribution in [0.25, 0.3) is 0 Å². The molecule has 0 atom stereocenters. The van der Waals surface area contributed by atoms with Crippen molar-refractivity contribution < 1.29 is 23.9 Å². The fourth-order valence-corrected chi connectivity index (χ4v) is 5.03. The molecule has 0 saturated heterocycles. The standard InChI is InChI=1S/C30H38N2O5/c1-30(2,3)37-29(35)31(17-14-21-8-11-25(36-4)12-9-21)16-6-5-7-26(33)24-19-22-10-13-27(34)32-18-15-23(20-24)28(22)32/h8-9,11-12,19-20H,5-7,10,13-18H2,1-4H3. The summed E-state index contributed by atoms with van der Waals surface area (Å²) in [7, 11) is 1.64. The molecule has 2 aliphatic heterocycles. The SMILES string of the molecule is COc1ccc(CCN(CCCCC(=O)c2cc3c4c(c2)CCN4C(=O)CC3)C(=O)OC(C)(C)C)cc1. The minimum absolute atomic E-state index is 0.122. The number of anilines is 1. The van der Waals surface area contributed by atoms with Gasteiger partial charge in [0.15, 0.2) is 5.78 Å². The normalized spacial score (nSPS) is 14.4. The molecule has 0 bridgehead atoms. The number of amides is 2. The fourth-order valence-electron chi connectivity index (χ4n) is 5.03. The van der Waals surface area contributed by atoms with E-state index in [-0.39, 0.29) is 17.8 Å². The molecule has 7 nitrogen and oxygen atoms in total. The van der Waals surface area contributed by atoms with Crippen LogP contribution in [0.3, 0.4) is 0 Å². The number of rotatable bonds is 10. The van der Waals surface area contributed by atoms with Crippen LogP contribution in [0.15, 0.2) is 36.4 Å². The van der Waals surface area contributed by atoms with Crippen molar-refractivity contribution in [2.75, 3.05) is 31.6 Å². The Morgan fingerprint density at radius 3 is 2.35 bits per heavy atom. The summed E-state index contributed by atoms with van der Waals surface area (Å²) in [6, 6.07) is 11.8. The summed E-state index contributed by atoms with van der Waals surface area (Å²) in [6.07, 6.45) is 4.25. The smallest absolute Gasteiger partial charge is 0.410 e. The van der Waals surface area contributed by atoms with Crippen molar-refractivity contribution in [2.24, 2.45) is 0 Å². The number of aryl methyl sites for hydroxylation is 1. The molecule has 0 radical (unpaired) electrons. The number of carbonyl (C=O) groups excluding carboxylic acids is 3. The van der Waals surface area contributed by atoms with Crippen LogP contribution in [0.5, 0.6) is 5.75 Å². The molecule has 0 aromatic heterocycles. The predicted octanol–water partition coefficient (Wildman–Crippen LogP) is 5.36. The highest BCUT2D eigenvalue weighted by Gasteiger charge is 2.32. The van der Waals surface area contributed by atoms with Gasteiger partial charge in [0.1, 0.15) is 11.4 Å². The Kier molecular flexibility index (Phi) is 8.20. The highest BCUT2D eigenvalue weighted by Crippen LogP contribution is 2.37. The van der Waals surface area contributed by atoms with Gasteiger partial charge in [0.25, 0.3) is 0 Å². The van der Waals surface area contributed by atoms with Crippen molar-refractivity contribution in [1.82, 2.24) is 4.90 Å². The summed E-state index contributed by atoms with van der Waals surface area (Å²) in [5.74, 6) is 1.11. The summed E-state index contributed by atoms with van der Waals surface area (Å²) < 4.78 is 10.9. The molecule has 2 heterocycles. The zero-order valence-electron chi connectivity index (χ0n) is 22.5. The molecule has 2 aromatic carbocycles. The average molecular weight is 507 g/mol. The van der Waals surface area contributed by atoms with Gasteiger partial charge in [0, 0.05) is 38.0 Å². The molecule has 0 saturated carbocycles. The van der Waals surface area contributed by atoms with Gasteiger partial charge >= 0.3 is 6.09 Å². The van der Waals surface area contributed by atoms with E-state index in [1.165, 1.54) is 0 Å². The van der Waals surface area contributed by atoms with Gasteiger partial charge in [-0.05, 0) is 93.8 Å². The third-order valence-corrected chi connectivity index (χ3v) is 6.94. The Labute approximate surface area is 219 Å². The lowest BCUT2D eigenvalue weighted by Gasteiger charge is -2.27. The first-order chi connectivity index (χ1) is 17.6. The average Bonchev–Trinajstić information content (AvgIpc) is 3.30. The molecule has 0 aliphatic carbocycles. The van der Waals surface area contributed by atoms with Gasteiger partial charge in [-0.3, -0.25) is 9.59 Å². The second kappa shape index (κ2) is 11.4. The zero-order valence-corrected chi connectivity index (χ0v) is 22.5. The molecule has 2 aliphatic rings. The van der Waals surface area contributed by atoms with Crippen LogP contribution < -0.4 is 9.64 Å². The Hall–Kier alpha value is -3.35. The molecule has 2 aromatic rings. The van der Waals surface area contributed by atoms with Crippen LogP contribution in [-0.4, -0.2) is 55.0 Å². The third-order valence-electron chi connectivity index (χ3n) is 6.94. The lowest BCUT2D eigenvalue weighted by molar-refractivity contribution is -0.118. The maximum Gasteiger partial charge on any atom is 0.410 e. The number of hydrogen-bond donors (Lipinski definition) is 0. The first-order valence-corrected chi connectivity index (χ1v) is 13.2. The zero-order chi connectivity index (χ0) is 26.6. The molecule has 0 fully saturated rings. The Morgan fingerprint density at radius 1 is 0.973 bits per heavy atom. The van der Waals surface area contributed by atoms with E-state index in [2.05, 4.69) is 0 Å². The summed E-state index contributed by atoms with van der Waals surface area (Å²) >= 11 is 0. The van der Waals surface area contributed by atoms with Crippen molar-refractivity contribution in [3.8, 4) is 5.75 Å². The number of unbranched alkanes of at least 4 members (excludes halogenated alkanes) is 1. The Morgan fingerprint density at radius 2 is 1.68 bits per heavy atom. The summed E-state index contributed by atoms with van der Waals surface area (Å²) in [4.78, 5) is 41.6. The van der Waals surface area contributed by atoms with E-state index in [1.807, 2.05) is 62.1 Å². The van der Waals surface area contributed by atoms with Crippen LogP contribution in [0.1, 0.15) is 73.5 Å². The summed E-state index contributed by atoms with van der Waals surface area (Å²) in [6.45, 7) is 7.39. The molecular weight excluding hydrogens is 468 g/mol. The summed E-state index contributed by atoms with van der Waals surface area (Å²) in [5, 5.41) is 0. The minimum atomic E-state index is -0.570. The van der Waals surface area contributed by atoms with Gasteiger partial charge in [0.05, 0.1) is 12.8 Å². The Bertz CT molecular complexity index is 1150. The fraction of sp³-hybridized carbons (Fsp3) is 0.500. The van der Waals surface area contributed by atoms with Gasteiger partial charge in [-0.1, -0.05) is 12.1 Å².